The fraction of sp³-hybridized carbons (Fsp3) is 0.889. The third kappa shape index (κ3) is 1.25. The highest BCUT2D eigenvalue weighted by Gasteiger charge is 2.44. The number of rotatable bonds is 2. The largest absolute Gasteiger partial charge is 0.232 e. The van der Waals surface area contributed by atoms with Gasteiger partial charge in [-0.3, -0.25) is 0 Å². The van der Waals surface area contributed by atoms with Crippen molar-refractivity contribution in [2.75, 3.05) is 6.54 Å². The Morgan fingerprint density at radius 1 is 1.45 bits per heavy atom. The van der Waals surface area contributed by atoms with E-state index in [0.717, 1.165) is 12.5 Å². The van der Waals surface area contributed by atoms with E-state index < -0.39 is 0 Å². The summed E-state index contributed by atoms with van der Waals surface area (Å²) in [5.41, 5.74) is 0.566. The molecule has 0 aromatic rings. The number of thiocarbonyl (C=S) groups is 1. The van der Waals surface area contributed by atoms with Gasteiger partial charge in [-0.1, -0.05) is 0 Å². The van der Waals surface area contributed by atoms with Gasteiger partial charge in [-0.15, -0.1) is 0 Å². The normalized spacial score (nSPS) is 40.5. The summed E-state index contributed by atoms with van der Waals surface area (Å²) in [6.07, 6.45) is 7.06. The number of hydrogen-bond donors (Lipinski definition) is 0. The lowest BCUT2D eigenvalue weighted by molar-refractivity contribution is 0.308. The van der Waals surface area contributed by atoms with Crippen molar-refractivity contribution in [2.45, 2.75) is 32.1 Å². The van der Waals surface area contributed by atoms with Gasteiger partial charge in [0.1, 0.15) is 0 Å². The van der Waals surface area contributed by atoms with E-state index in [0.29, 0.717) is 5.41 Å². The van der Waals surface area contributed by atoms with E-state index in [9.17, 15) is 0 Å². The van der Waals surface area contributed by atoms with Gasteiger partial charge in [0, 0.05) is 0 Å². The van der Waals surface area contributed by atoms with Crippen LogP contribution in [0, 0.1) is 11.3 Å². The van der Waals surface area contributed by atoms with Crippen LogP contribution in [0.5, 0.6) is 0 Å². The van der Waals surface area contributed by atoms with Gasteiger partial charge in [-0.05, 0) is 55.7 Å². The van der Waals surface area contributed by atoms with E-state index in [2.05, 4.69) is 22.4 Å². The van der Waals surface area contributed by atoms with E-state index >= 15 is 0 Å². The van der Waals surface area contributed by atoms with Crippen molar-refractivity contribution in [3.8, 4) is 0 Å². The van der Waals surface area contributed by atoms with Crippen LogP contribution >= 0.6 is 12.2 Å². The summed E-state index contributed by atoms with van der Waals surface area (Å²) in [5.74, 6) is 1.02. The summed E-state index contributed by atoms with van der Waals surface area (Å²) in [6, 6.07) is 0. The molecule has 2 heteroatoms. The lowest BCUT2D eigenvalue weighted by Crippen LogP contribution is -2.17. The maximum absolute atomic E-state index is 4.58. The summed E-state index contributed by atoms with van der Waals surface area (Å²) in [6.45, 7) is 0.951. The summed E-state index contributed by atoms with van der Waals surface area (Å²) < 4.78 is 0. The smallest absolute Gasteiger partial charge is 0.0585 e. The summed E-state index contributed by atoms with van der Waals surface area (Å²) in [7, 11) is 0. The zero-order valence-corrected chi connectivity index (χ0v) is 7.49. The van der Waals surface area contributed by atoms with Crippen LogP contribution in [0.2, 0.25) is 0 Å². The van der Waals surface area contributed by atoms with Gasteiger partial charge in [-0.25, -0.2) is 4.99 Å². The predicted octanol–water partition coefficient (Wildman–Crippen LogP) is 2.67. The van der Waals surface area contributed by atoms with Gasteiger partial charge in [0.2, 0.25) is 0 Å². The fourth-order valence-electron chi connectivity index (χ4n) is 2.73. The molecule has 0 aliphatic heterocycles. The molecule has 2 bridgehead atoms. The molecule has 1 nitrogen and oxygen atoms in total. The van der Waals surface area contributed by atoms with Crippen molar-refractivity contribution >= 4 is 17.4 Å². The average Bonchev–Trinajstić information content (AvgIpc) is 2.60. The fourth-order valence-corrected chi connectivity index (χ4v) is 2.80. The minimum absolute atomic E-state index is 0.566. The van der Waals surface area contributed by atoms with E-state index in [4.69, 9.17) is 0 Å². The monoisotopic (exact) mass is 167 g/mol. The second-order valence-electron chi connectivity index (χ2n) is 4.06. The van der Waals surface area contributed by atoms with Crippen LogP contribution in [0.25, 0.3) is 0 Å². The van der Waals surface area contributed by atoms with Crippen LogP contribution in [0.4, 0.5) is 0 Å². The van der Waals surface area contributed by atoms with Crippen LogP contribution in [-0.2, 0) is 0 Å². The van der Waals surface area contributed by atoms with Crippen molar-refractivity contribution in [1.29, 1.82) is 0 Å². The molecule has 2 aliphatic rings. The van der Waals surface area contributed by atoms with Crippen molar-refractivity contribution in [3.05, 3.63) is 0 Å². The quantitative estimate of drug-likeness (QED) is 0.455. The molecule has 0 saturated heterocycles. The molecule has 0 aromatic heterocycles. The molecule has 2 rings (SSSR count). The highest BCUT2D eigenvalue weighted by Crippen LogP contribution is 2.53. The first kappa shape index (κ1) is 7.45. The number of aliphatic imine (C=N–C) groups is 1. The molecule has 0 spiro atoms. The minimum atomic E-state index is 0.566. The van der Waals surface area contributed by atoms with Gasteiger partial charge in [0.25, 0.3) is 0 Å². The van der Waals surface area contributed by atoms with E-state index in [-0.39, 0.29) is 0 Å². The number of isothiocyanates is 1. The third-order valence-electron chi connectivity index (χ3n) is 3.37. The molecule has 0 heterocycles. The maximum Gasteiger partial charge on any atom is 0.0585 e. The minimum Gasteiger partial charge on any atom is -0.232 e. The molecule has 2 fully saturated rings. The number of fused-ring (bicyclic) bond motifs is 2. The zero-order chi connectivity index (χ0) is 7.73. The van der Waals surface area contributed by atoms with Crippen molar-refractivity contribution in [1.82, 2.24) is 0 Å². The van der Waals surface area contributed by atoms with E-state index in [1.807, 2.05) is 0 Å². The second kappa shape index (κ2) is 2.69. The van der Waals surface area contributed by atoms with Crippen LogP contribution in [0.1, 0.15) is 32.1 Å². The summed E-state index contributed by atoms with van der Waals surface area (Å²) >= 11 is 4.58. The predicted molar refractivity (Wildman–Crippen MR) is 48.9 cm³/mol. The van der Waals surface area contributed by atoms with Crippen molar-refractivity contribution in [3.63, 3.8) is 0 Å². The molecule has 0 unspecified atom stereocenters. The Morgan fingerprint density at radius 3 is 2.64 bits per heavy atom. The van der Waals surface area contributed by atoms with Gasteiger partial charge in [-0.2, -0.15) is 0 Å². The van der Waals surface area contributed by atoms with Crippen molar-refractivity contribution < 1.29 is 0 Å². The molecule has 0 atom stereocenters. The van der Waals surface area contributed by atoms with Gasteiger partial charge >= 0.3 is 0 Å². The second-order valence-corrected chi connectivity index (χ2v) is 4.24. The molecular formula is C9H13NS. The van der Waals surface area contributed by atoms with Crippen LogP contribution in [0.3, 0.4) is 0 Å². The lowest BCUT2D eigenvalue weighted by atomic mass is 9.84. The topological polar surface area (TPSA) is 12.4 Å². The Labute approximate surface area is 72.9 Å². The standard InChI is InChI=1S/C9H13NS/c11-7-10-6-9-3-1-8(5-9)2-4-9/h8H,1-6H2. The summed E-state index contributed by atoms with van der Waals surface area (Å²) in [5, 5.41) is 2.48. The van der Waals surface area contributed by atoms with Crippen LogP contribution < -0.4 is 0 Å². The third-order valence-corrected chi connectivity index (χ3v) is 3.50. The van der Waals surface area contributed by atoms with Crippen LogP contribution in [0.15, 0.2) is 4.99 Å². The van der Waals surface area contributed by atoms with Crippen LogP contribution in [-0.4, -0.2) is 11.7 Å². The molecule has 0 N–H and O–H groups in total. The van der Waals surface area contributed by atoms with Gasteiger partial charge < -0.3 is 0 Å². The molecule has 0 amide bonds. The molecule has 11 heavy (non-hydrogen) atoms. The average molecular weight is 167 g/mol. The molecular weight excluding hydrogens is 154 g/mol. The Bertz CT molecular complexity index is 198. The molecule has 0 aromatic carbocycles. The Morgan fingerprint density at radius 2 is 2.18 bits per heavy atom. The maximum atomic E-state index is 4.58. The molecule has 60 valence electrons. The lowest BCUT2D eigenvalue weighted by Gasteiger charge is -2.22. The molecule has 2 saturated carbocycles. The van der Waals surface area contributed by atoms with Gasteiger partial charge in [0.15, 0.2) is 0 Å². The Kier molecular flexibility index (Phi) is 1.82. The Balaban J connectivity index is 2.04. The first-order chi connectivity index (χ1) is 5.35. The van der Waals surface area contributed by atoms with E-state index in [1.54, 1.807) is 0 Å². The number of hydrogen-bond acceptors (Lipinski definition) is 2. The first-order valence-electron chi connectivity index (χ1n) is 4.38. The van der Waals surface area contributed by atoms with Gasteiger partial charge in [0.05, 0.1) is 11.7 Å². The van der Waals surface area contributed by atoms with E-state index in [1.165, 1.54) is 32.1 Å². The number of nitrogens with zero attached hydrogens (tertiary/aromatic N) is 1. The van der Waals surface area contributed by atoms with Crippen molar-refractivity contribution in [2.24, 2.45) is 16.3 Å². The highest BCUT2D eigenvalue weighted by atomic mass is 32.1. The molecule has 0 radical (unpaired) electrons. The molecule has 2 aliphatic carbocycles. The zero-order valence-electron chi connectivity index (χ0n) is 6.68. The summed E-state index contributed by atoms with van der Waals surface area (Å²) in [4.78, 5) is 4.09. The SMILES string of the molecule is S=C=NCC12CCC(CC1)C2. The first-order valence-corrected chi connectivity index (χ1v) is 4.79. The Hall–Kier alpha value is -0.200. The highest BCUT2D eigenvalue weighted by molar-refractivity contribution is 7.78.